The fourth-order valence-electron chi connectivity index (χ4n) is 2.59. The number of halogens is 1. The molecule has 1 aromatic heterocycles. The zero-order valence-electron chi connectivity index (χ0n) is 16.2. The number of para-hydroxylation sites is 1. The summed E-state index contributed by atoms with van der Waals surface area (Å²) in [7, 11) is 1.55. The van der Waals surface area contributed by atoms with Crippen molar-refractivity contribution < 1.29 is 9.53 Å². The lowest BCUT2D eigenvalue weighted by Crippen LogP contribution is -2.17. The number of nitrogens with one attached hydrogen (secondary N) is 1. The molecule has 28 heavy (non-hydrogen) atoms. The van der Waals surface area contributed by atoms with Gasteiger partial charge in [-0.2, -0.15) is 0 Å². The van der Waals surface area contributed by atoms with Crippen molar-refractivity contribution in [1.29, 1.82) is 0 Å². The number of carbonyl (C=O) groups is 1. The Kier molecular flexibility index (Phi) is 6.10. The van der Waals surface area contributed by atoms with E-state index >= 15 is 0 Å². The molecule has 0 atom stereocenters. The highest BCUT2D eigenvalue weighted by molar-refractivity contribution is 8.00. The molecule has 0 spiro atoms. The zero-order chi connectivity index (χ0) is 20.3. The van der Waals surface area contributed by atoms with Gasteiger partial charge in [0.1, 0.15) is 16.6 Å². The number of hydrogen-bond donors (Lipinski definition) is 1. The first-order chi connectivity index (χ1) is 13.3. The third-order valence-corrected chi connectivity index (χ3v) is 5.24. The number of methoxy groups -OCH3 is 1. The van der Waals surface area contributed by atoms with E-state index in [1.807, 2.05) is 24.3 Å². The van der Waals surface area contributed by atoms with Crippen LogP contribution in [0.5, 0.6) is 5.75 Å². The minimum Gasteiger partial charge on any atom is -0.495 e. The third kappa shape index (κ3) is 4.75. The van der Waals surface area contributed by atoms with Crippen molar-refractivity contribution in [2.45, 2.75) is 31.2 Å². The van der Waals surface area contributed by atoms with Gasteiger partial charge >= 0.3 is 0 Å². The van der Waals surface area contributed by atoms with Crippen LogP contribution in [0.15, 0.2) is 47.5 Å². The van der Waals surface area contributed by atoms with Gasteiger partial charge in [0, 0.05) is 15.8 Å². The van der Waals surface area contributed by atoms with Gasteiger partial charge in [0.05, 0.1) is 24.1 Å². The number of nitrogens with zero attached hydrogens (tertiary/aromatic N) is 2. The molecule has 0 aliphatic rings. The molecule has 0 unspecified atom stereocenters. The highest BCUT2D eigenvalue weighted by atomic mass is 35.5. The van der Waals surface area contributed by atoms with E-state index in [9.17, 15) is 4.79 Å². The Morgan fingerprint density at radius 2 is 1.93 bits per heavy atom. The minimum atomic E-state index is -0.185. The molecule has 0 fully saturated rings. The highest BCUT2D eigenvalue weighted by Gasteiger charge is 2.20. The van der Waals surface area contributed by atoms with E-state index in [-0.39, 0.29) is 17.1 Å². The number of rotatable bonds is 5. The molecule has 0 radical (unpaired) electrons. The summed E-state index contributed by atoms with van der Waals surface area (Å²) in [5.74, 6) is 1.36. The van der Waals surface area contributed by atoms with Crippen molar-refractivity contribution in [2.24, 2.45) is 0 Å². The second-order valence-corrected chi connectivity index (χ2v) is 8.70. The van der Waals surface area contributed by atoms with Gasteiger partial charge in [-0.1, -0.05) is 62.3 Å². The van der Waals surface area contributed by atoms with E-state index in [0.29, 0.717) is 16.5 Å². The number of hydrogen-bond acceptors (Lipinski definition) is 5. The summed E-state index contributed by atoms with van der Waals surface area (Å²) in [6, 6.07) is 12.9. The number of fused-ring (bicyclic) bond motifs is 1. The molecule has 1 amide bonds. The van der Waals surface area contributed by atoms with E-state index in [1.54, 1.807) is 25.3 Å². The SMILES string of the molecule is COc1ccc(Cl)cc1NC(=O)CSc1nc(C(C)(C)C)nc2ccccc12. The number of benzene rings is 2. The van der Waals surface area contributed by atoms with Crippen molar-refractivity contribution in [3.63, 3.8) is 0 Å². The number of thioether (sulfide) groups is 1. The fourth-order valence-corrected chi connectivity index (χ4v) is 3.58. The molecule has 1 N–H and O–H groups in total. The van der Waals surface area contributed by atoms with Gasteiger partial charge in [-0.05, 0) is 24.3 Å². The van der Waals surface area contributed by atoms with Crippen molar-refractivity contribution in [3.05, 3.63) is 53.3 Å². The van der Waals surface area contributed by atoms with Crippen LogP contribution >= 0.6 is 23.4 Å². The van der Waals surface area contributed by atoms with E-state index in [4.69, 9.17) is 21.3 Å². The summed E-state index contributed by atoms with van der Waals surface area (Å²) in [6.07, 6.45) is 0. The molecular weight excluding hydrogens is 394 g/mol. The van der Waals surface area contributed by atoms with Crippen LogP contribution in [0.1, 0.15) is 26.6 Å². The Balaban J connectivity index is 1.81. The van der Waals surface area contributed by atoms with Gasteiger partial charge < -0.3 is 10.1 Å². The smallest absolute Gasteiger partial charge is 0.234 e. The second kappa shape index (κ2) is 8.37. The predicted molar refractivity (Wildman–Crippen MR) is 116 cm³/mol. The maximum Gasteiger partial charge on any atom is 0.234 e. The lowest BCUT2D eigenvalue weighted by Gasteiger charge is -2.18. The molecular formula is C21H22ClN3O2S. The summed E-state index contributed by atoms with van der Waals surface area (Å²) in [5.41, 5.74) is 1.24. The van der Waals surface area contributed by atoms with Gasteiger partial charge in [0.2, 0.25) is 5.91 Å². The van der Waals surface area contributed by atoms with E-state index in [0.717, 1.165) is 21.8 Å². The van der Waals surface area contributed by atoms with Crippen molar-refractivity contribution >= 4 is 45.9 Å². The standard InChI is InChI=1S/C21H22ClN3O2S/c1-21(2,3)20-24-15-8-6-5-7-14(15)19(25-20)28-12-18(26)23-16-11-13(22)9-10-17(16)27-4/h5-11H,12H2,1-4H3,(H,23,26). The van der Waals surface area contributed by atoms with Gasteiger partial charge in [-0.25, -0.2) is 9.97 Å². The number of ether oxygens (including phenoxy) is 1. The molecule has 0 aliphatic carbocycles. The number of anilines is 1. The van der Waals surface area contributed by atoms with Crippen LogP contribution < -0.4 is 10.1 Å². The third-order valence-electron chi connectivity index (χ3n) is 4.01. The lowest BCUT2D eigenvalue weighted by molar-refractivity contribution is -0.113. The van der Waals surface area contributed by atoms with Crippen molar-refractivity contribution in [1.82, 2.24) is 9.97 Å². The summed E-state index contributed by atoms with van der Waals surface area (Å²) in [6.45, 7) is 6.22. The fraction of sp³-hybridized carbons (Fsp3) is 0.286. The minimum absolute atomic E-state index is 0.162. The largest absolute Gasteiger partial charge is 0.495 e. The maximum absolute atomic E-state index is 12.5. The Bertz CT molecular complexity index is 1020. The normalized spacial score (nSPS) is 11.5. The first kappa shape index (κ1) is 20.4. The number of amides is 1. The molecule has 3 aromatic rings. The van der Waals surface area contributed by atoms with Gasteiger partial charge in [-0.3, -0.25) is 4.79 Å². The Morgan fingerprint density at radius 3 is 2.64 bits per heavy atom. The van der Waals surface area contributed by atoms with E-state index < -0.39 is 0 Å². The monoisotopic (exact) mass is 415 g/mol. The summed E-state index contributed by atoms with van der Waals surface area (Å²) in [4.78, 5) is 21.9. The maximum atomic E-state index is 12.5. The molecule has 3 rings (SSSR count). The van der Waals surface area contributed by atoms with Crippen LogP contribution in [0.2, 0.25) is 5.02 Å². The van der Waals surface area contributed by atoms with E-state index in [1.165, 1.54) is 11.8 Å². The average Bonchev–Trinajstić information content (AvgIpc) is 2.65. The van der Waals surface area contributed by atoms with Gasteiger partial charge in [0.25, 0.3) is 0 Å². The molecule has 0 saturated carbocycles. The van der Waals surface area contributed by atoms with Gasteiger partial charge in [0.15, 0.2) is 0 Å². The molecule has 5 nitrogen and oxygen atoms in total. The average molecular weight is 416 g/mol. The molecule has 0 saturated heterocycles. The lowest BCUT2D eigenvalue weighted by atomic mass is 9.95. The second-order valence-electron chi connectivity index (χ2n) is 7.30. The Morgan fingerprint density at radius 1 is 1.18 bits per heavy atom. The number of carbonyl (C=O) groups excluding carboxylic acids is 1. The quantitative estimate of drug-likeness (QED) is 0.451. The van der Waals surface area contributed by atoms with Crippen LogP contribution in [0.4, 0.5) is 5.69 Å². The molecule has 0 bridgehead atoms. The van der Waals surface area contributed by atoms with Crippen LogP contribution in [-0.4, -0.2) is 28.7 Å². The predicted octanol–water partition coefficient (Wildman–Crippen LogP) is 5.32. The summed E-state index contributed by atoms with van der Waals surface area (Å²) < 4.78 is 5.27. The Hall–Kier alpha value is -2.31. The van der Waals surface area contributed by atoms with Gasteiger partial charge in [-0.15, -0.1) is 0 Å². The highest BCUT2D eigenvalue weighted by Crippen LogP contribution is 2.30. The first-order valence-electron chi connectivity index (χ1n) is 8.81. The molecule has 7 heteroatoms. The number of aromatic nitrogens is 2. The van der Waals surface area contributed by atoms with Crippen LogP contribution in [-0.2, 0) is 10.2 Å². The van der Waals surface area contributed by atoms with Crippen molar-refractivity contribution in [2.75, 3.05) is 18.2 Å². The van der Waals surface area contributed by atoms with E-state index in [2.05, 4.69) is 31.1 Å². The zero-order valence-corrected chi connectivity index (χ0v) is 17.8. The first-order valence-corrected chi connectivity index (χ1v) is 10.2. The summed E-state index contributed by atoms with van der Waals surface area (Å²) >= 11 is 7.41. The Labute approximate surface area is 173 Å². The summed E-state index contributed by atoms with van der Waals surface area (Å²) in [5, 5.41) is 5.11. The molecule has 1 heterocycles. The van der Waals surface area contributed by atoms with Crippen LogP contribution in [0.3, 0.4) is 0 Å². The van der Waals surface area contributed by atoms with Crippen molar-refractivity contribution in [3.8, 4) is 5.75 Å². The van der Waals surface area contributed by atoms with Crippen LogP contribution in [0, 0.1) is 0 Å². The van der Waals surface area contributed by atoms with Crippen LogP contribution in [0.25, 0.3) is 10.9 Å². The molecule has 2 aromatic carbocycles. The molecule has 0 aliphatic heterocycles. The topological polar surface area (TPSA) is 64.1 Å². The molecule has 146 valence electrons.